The molecule has 4 N–H and O–H groups in total. The Kier molecular flexibility index (Phi) is 7.44. The summed E-state index contributed by atoms with van der Waals surface area (Å²) in [6, 6.07) is -0.0157. The monoisotopic (exact) mass is 412 g/mol. The summed E-state index contributed by atoms with van der Waals surface area (Å²) in [4.78, 5) is 40.3. The first kappa shape index (κ1) is 21.4. The second-order valence-electron chi connectivity index (χ2n) is 6.36. The van der Waals surface area contributed by atoms with Gasteiger partial charge in [-0.2, -0.15) is 0 Å². The first-order valence-corrected chi connectivity index (χ1v) is 12.7. The van der Waals surface area contributed by atoms with E-state index in [2.05, 4.69) is 13.2 Å². The zero-order valence-corrected chi connectivity index (χ0v) is 17.3. The number of nitrogens with zero attached hydrogens (tertiary/aromatic N) is 4. The number of imidazole rings is 2. The molecule has 11 heteroatoms. The van der Waals surface area contributed by atoms with Gasteiger partial charge in [0, 0.05) is 12.1 Å². The van der Waals surface area contributed by atoms with Crippen LogP contribution in [0.15, 0.2) is 50.6 Å². The molecule has 148 valence electrons. The molecular formula is C16H28N4O5Si2+2. The summed E-state index contributed by atoms with van der Waals surface area (Å²) >= 11 is 0. The molecule has 0 fully saturated rings. The summed E-state index contributed by atoms with van der Waals surface area (Å²) in [6.45, 7) is 8.42. The Morgan fingerprint density at radius 2 is 1.22 bits per heavy atom. The smallest absolute Gasteiger partial charge is 0.390 e. The molecule has 2 aromatic heterocycles. The minimum atomic E-state index is -4.13. The number of rotatable bonds is 12. The lowest BCUT2D eigenvalue weighted by atomic mass is 10.5. The lowest BCUT2D eigenvalue weighted by molar-refractivity contribution is -0.696. The number of aryl methyl sites for hydroxylation is 2. The summed E-state index contributed by atoms with van der Waals surface area (Å²) in [7, 11) is -8.26. The van der Waals surface area contributed by atoms with Gasteiger partial charge < -0.3 is 23.3 Å². The maximum Gasteiger partial charge on any atom is 0.488 e. The van der Waals surface area contributed by atoms with E-state index >= 15 is 0 Å². The predicted molar refractivity (Wildman–Crippen MR) is 102 cm³/mol. The highest BCUT2D eigenvalue weighted by Crippen LogP contribution is 2.16. The van der Waals surface area contributed by atoms with Crippen molar-refractivity contribution < 1.29 is 32.4 Å². The second-order valence-corrected chi connectivity index (χ2v) is 11.1. The quantitative estimate of drug-likeness (QED) is 0.275. The van der Waals surface area contributed by atoms with Crippen LogP contribution in [0.3, 0.4) is 0 Å². The standard InChI is InChI=1S/C16H28N4O5Si2/c1-3-17-9-11-19(15-17)7-5-13-26(21,22)25-27(23,24)14-6-8-20-12-10-18(4-2)16-20/h3-4,9-12,15-16,21-24H,1-2,5-8,13-14H2/q+2. The van der Waals surface area contributed by atoms with Gasteiger partial charge in [0.05, 0.1) is 25.5 Å². The van der Waals surface area contributed by atoms with Gasteiger partial charge >= 0.3 is 17.6 Å². The highest BCUT2D eigenvalue weighted by Gasteiger charge is 2.44. The third-order valence-electron chi connectivity index (χ3n) is 4.01. The molecule has 0 saturated carbocycles. The van der Waals surface area contributed by atoms with Crippen molar-refractivity contribution in [3.05, 3.63) is 50.6 Å². The Bertz CT molecular complexity index is 697. The van der Waals surface area contributed by atoms with Gasteiger partial charge in [0.25, 0.3) is 0 Å². The van der Waals surface area contributed by atoms with Crippen molar-refractivity contribution in [1.82, 2.24) is 9.13 Å². The molecular weight excluding hydrogens is 384 g/mol. The molecule has 0 aliphatic carbocycles. The van der Waals surface area contributed by atoms with Crippen molar-refractivity contribution in [1.29, 1.82) is 0 Å². The normalized spacial score (nSPS) is 12.3. The first-order chi connectivity index (χ1) is 12.7. The SMILES string of the molecule is C=Cn1cc[n+](CCC[Si](O)(O)O[Si](O)(O)CCC[n+]2ccn(C=C)c2)c1. The van der Waals surface area contributed by atoms with Gasteiger partial charge in [-0.1, -0.05) is 13.2 Å². The van der Waals surface area contributed by atoms with Crippen molar-refractivity contribution in [2.75, 3.05) is 0 Å². The Morgan fingerprint density at radius 1 is 0.815 bits per heavy atom. The van der Waals surface area contributed by atoms with Crippen molar-refractivity contribution in [3.8, 4) is 0 Å². The molecule has 0 saturated heterocycles. The van der Waals surface area contributed by atoms with Crippen LogP contribution < -0.4 is 9.13 Å². The lowest BCUT2D eigenvalue weighted by Gasteiger charge is -2.25. The van der Waals surface area contributed by atoms with Crippen LogP contribution in [0.25, 0.3) is 12.4 Å². The van der Waals surface area contributed by atoms with Crippen LogP contribution in [0, 0.1) is 0 Å². The molecule has 0 bridgehead atoms. The second kappa shape index (κ2) is 9.37. The molecule has 2 aromatic rings. The van der Waals surface area contributed by atoms with Gasteiger partial charge in [-0.15, -0.1) is 0 Å². The minimum Gasteiger partial charge on any atom is -0.390 e. The van der Waals surface area contributed by atoms with Crippen LogP contribution in [0.2, 0.25) is 12.1 Å². The molecule has 0 spiro atoms. The van der Waals surface area contributed by atoms with Crippen molar-refractivity contribution in [2.45, 2.75) is 38.0 Å². The topological polar surface area (TPSA) is 108 Å². The summed E-state index contributed by atoms with van der Waals surface area (Å²) < 4.78 is 12.3. The molecule has 0 aliphatic rings. The van der Waals surface area contributed by atoms with Crippen LogP contribution in [0.1, 0.15) is 12.8 Å². The van der Waals surface area contributed by atoms with Crippen molar-refractivity contribution >= 4 is 30.0 Å². The average molecular weight is 413 g/mol. The molecule has 0 amide bonds. The Hall–Kier alpha value is -1.87. The summed E-state index contributed by atoms with van der Waals surface area (Å²) in [5, 5.41) is 0. The molecule has 0 aliphatic heterocycles. The molecule has 0 atom stereocenters. The predicted octanol–water partition coefficient (Wildman–Crippen LogP) is -0.590. The zero-order chi connectivity index (χ0) is 19.9. The van der Waals surface area contributed by atoms with Crippen LogP contribution in [0.4, 0.5) is 0 Å². The highest BCUT2D eigenvalue weighted by atomic mass is 28.5. The van der Waals surface area contributed by atoms with Gasteiger partial charge in [-0.25, -0.2) is 18.3 Å². The van der Waals surface area contributed by atoms with Crippen LogP contribution in [-0.2, 0) is 17.2 Å². The Balaban J connectivity index is 1.74. The number of hydrogen-bond acceptors (Lipinski definition) is 5. The number of aromatic nitrogens is 4. The van der Waals surface area contributed by atoms with Crippen LogP contribution in [0.5, 0.6) is 0 Å². The van der Waals surface area contributed by atoms with Gasteiger partial charge in [-0.05, 0) is 12.8 Å². The molecule has 0 aromatic carbocycles. The van der Waals surface area contributed by atoms with E-state index in [1.807, 2.05) is 46.6 Å². The largest absolute Gasteiger partial charge is 0.488 e. The summed E-state index contributed by atoms with van der Waals surface area (Å²) in [6.07, 6.45) is 15.2. The third kappa shape index (κ3) is 7.34. The van der Waals surface area contributed by atoms with Crippen LogP contribution >= 0.6 is 0 Å². The lowest BCUT2D eigenvalue weighted by Crippen LogP contribution is -2.53. The van der Waals surface area contributed by atoms with Gasteiger partial charge in [0.2, 0.25) is 12.7 Å². The van der Waals surface area contributed by atoms with Gasteiger partial charge in [-0.3, -0.25) is 0 Å². The molecule has 2 heterocycles. The van der Waals surface area contributed by atoms with E-state index in [0.29, 0.717) is 25.9 Å². The van der Waals surface area contributed by atoms with E-state index in [9.17, 15) is 19.2 Å². The van der Waals surface area contributed by atoms with E-state index in [4.69, 9.17) is 4.12 Å². The van der Waals surface area contributed by atoms with E-state index in [1.54, 1.807) is 21.5 Å². The van der Waals surface area contributed by atoms with E-state index < -0.39 is 17.6 Å². The van der Waals surface area contributed by atoms with E-state index in [-0.39, 0.29) is 12.1 Å². The van der Waals surface area contributed by atoms with Crippen molar-refractivity contribution in [2.24, 2.45) is 0 Å². The first-order valence-electron chi connectivity index (χ1n) is 8.71. The molecule has 2 rings (SSSR count). The average Bonchev–Trinajstić information content (AvgIpc) is 3.22. The summed E-state index contributed by atoms with van der Waals surface area (Å²) in [5.41, 5.74) is 0. The zero-order valence-electron chi connectivity index (χ0n) is 15.3. The van der Waals surface area contributed by atoms with E-state index in [0.717, 1.165) is 0 Å². The Labute approximate surface area is 160 Å². The van der Waals surface area contributed by atoms with Crippen molar-refractivity contribution in [3.63, 3.8) is 0 Å². The van der Waals surface area contributed by atoms with E-state index in [1.165, 1.54) is 0 Å². The fourth-order valence-corrected chi connectivity index (χ4v) is 6.80. The molecule has 0 radical (unpaired) electrons. The summed E-state index contributed by atoms with van der Waals surface area (Å²) in [5.74, 6) is 0. The van der Waals surface area contributed by atoms with Crippen LogP contribution in [-0.4, -0.2) is 45.9 Å². The van der Waals surface area contributed by atoms with Gasteiger partial charge in [0.1, 0.15) is 24.8 Å². The molecule has 9 nitrogen and oxygen atoms in total. The third-order valence-corrected chi connectivity index (χ3v) is 8.63. The highest BCUT2D eigenvalue weighted by molar-refractivity contribution is 6.72. The maximum atomic E-state index is 10.1. The fraction of sp³-hybridized carbons (Fsp3) is 0.375. The maximum absolute atomic E-state index is 10.1. The Morgan fingerprint density at radius 3 is 1.56 bits per heavy atom. The van der Waals surface area contributed by atoms with Gasteiger partial charge in [0.15, 0.2) is 0 Å². The molecule has 27 heavy (non-hydrogen) atoms. The fourth-order valence-electron chi connectivity index (χ4n) is 2.65. The molecule has 0 unspecified atom stereocenters. The number of hydrogen-bond donors (Lipinski definition) is 4. The minimum absolute atomic E-state index is 0.00786.